The van der Waals surface area contributed by atoms with Gasteiger partial charge >= 0.3 is 11.8 Å². The number of aryl methyl sites for hydroxylation is 1. The van der Waals surface area contributed by atoms with Gasteiger partial charge < -0.3 is 15.0 Å². The minimum Gasteiger partial charge on any atom is -0.495 e. The van der Waals surface area contributed by atoms with Crippen LogP contribution in [-0.4, -0.2) is 36.9 Å². The van der Waals surface area contributed by atoms with Gasteiger partial charge in [-0.2, -0.15) is 0 Å². The van der Waals surface area contributed by atoms with Crippen molar-refractivity contribution in [3.63, 3.8) is 0 Å². The predicted molar refractivity (Wildman–Crippen MR) is 86.0 cm³/mol. The van der Waals surface area contributed by atoms with Crippen LogP contribution in [0.5, 0.6) is 5.75 Å². The molecule has 0 radical (unpaired) electrons. The van der Waals surface area contributed by atoms with Gasteiger partial charge in [-0.05, 0) is 37.5 Å². The summed E-state index contributed by atoms with van der Waals surface area (Å²) >= 11 is 0. The maximum Gasteiger partial charge on any atom is 0.314 e. The highest BCUT2D eigenvalue weighted by atomic mass is 16.5. The summed E-state index contributed by atoms with van der Waals surface area (Å²) < 4.78 is 5.22. The molecule has 0 spiro atoms. The number of benzene rings is 1. The zero-order chi connectivity index (χ0) is 16.1. The van der Waals surface area contributed by atoms with Crippen molar-refractivity contribution in [2.75, 3.05) is 19.5 Å². The van der Waals surface area contributed by atoms with Gasteiger partial charge in [0.05, 0.1) is 12.8 Å². The van der Waals surface area contributed by atoms with Gasteiger partial charge in [0, 0.05) is 13.1 Å². The molecule has 1 aromatic rings. The minimum atomic E-state index is -0.614. The van der Waals surface area contributed by atoms with E-state index < -0.39 is 11.8 Å². The molecular formula is C17H24N2O3. The predicted octanol–water partition coefficient (Wildman–Crippen LogP) is 2.73. The maximum absolute atomic E-state index is 12.3. The van der Waals surface area contributed by atoms with Gasteiger partial charge in [-0.15, -0.1) is 0 Å². The Bertz CT molecular complexity index is 551. The largest absolute Gasteiger partial charge is 0.495 e. The third-order valence-corrected chi connectivity index (χ3v) is 4.24. The Hall–Kier alpha value is -2.04. The van der Waals surface area contributed by atoms with Gasteiger partial charge in [-0.25, -0.2) is 0 Å². The molecule has 0 saturated heterocycles. The summed E-state index contributed by atoms with van der Waals surface area (Å²) in [6.07, 6.45) is 5.41. The van der Waals surface area contributed by atoms with Crippen LogP contribution < -0.4 is 10.1 Å². The van der Waals surface area contributed by atoms with Crippen LogP contribution in [0, 0.1) is 6.92 Å². The van der Waals surface area contributed by atoms with E-state index in [9.17, 15) is 9.59 Å². The lowest BCUT2D eigenvalue weighted by Crippen LogP contribution is -2.44. The van der Waals surface area contributed by atoms with Crippen molar-refractivity contribution < 1.29 is 14.3 Å². The van der Waals surface area contributed by atoms with Gasteiger partial charge in [0.2, 0.25) is 0 Å². The van der Waals surface area contributed by atoms with Gasteiger partial charge in [-0.1, -0.05) is 25.3 Å². The normalized spacial score (nSPS) is 15.2. The van der Waals surface area contributed by atoms with E-state index in [1.54, 1.807) is 24.1 Å². The highest BCUT2D eigenvalue weighted by molar-refractivity contribution is 6.39. The number of rotatable bonds is 3. The van der Waals surface area contributed by atoms with E-state index in [1.165, 1.54) is 13.5 Å². The topological polar surface area (TPSA) is 58.6 Å². The van der Waals surface area contributed by atoms with Crippen LogP contribution in [-0.2, 0) is 9.59 Å². The van der Waals surface area contributed by atoms with Crippen LogP contribution in [0.3, 0.4) is 0 Å². The number of ether oxygens (including phenoxy) is 1. The first kappa shape index (κ1) is 16.3. The number of hydrogen-bond donors (Lipinski definition) is 1. The summed E-state index contributed by atoms with van der Waals surface area (Å²) in [5, 5.41) is 2.67. The first-order valence-corrected chi connectivity index (χ1v) is 7.75. The first-order chi connectivity index (χ1) is 10.5. The molecule has 1 aliphatic carbocycles. The molecule has 0 heterocycles. The lowest BCUT2D eigenvalue weighted by Gasteiger charge is -2.30. The van der Waals surface area contributed by atoms with Gasteiger partial charge in [-0.3, -0.25) is 9.59 Å². The molecule has 1 fully saturated rings. The number of anilines is 1. The number of carbonyl (C=O) groups excluding carboxylic acids is 2. The van der Waals surface area contributed by atoms with E-state index in [4.69, 9.17) is 4.74 Å². The van der Waals surface area contributed by atoms with Gasteiger partial charge in [0.1, 0.15) is 5.75 Å². The number of hydrogen-bond acceptors (Lipinski definition) is 3. The molecule has 0 aliphatic heterocycles. The number of methoxy groups -OCH3 is 1. The van der Waals surface area contributed by atoms with Crippen LogP contribution in [0.2, 0.25) is 0 Å². The number of amides is 2. The van der Waals surface area contributed by atoms with E-state index in [0.29, 0.717) is 11.4 Å². The standard InChI is InChI=1S/C17H24N2O3/c1-12-9-10-15(22-3)14(11-12)18-16(20)17(21)19(2)13-7-5-4-6-8-13/h9-11,13H,4-8H2,1-3H3,(H,18,20). The van der Waals surface area contributed by atoms with Crippen LogP contribution in [0.25, 0.3) is 0 Å². The molecule has 0 atom stereocenters. The fourth-order valence-electron chi connectivity index (χ4n) is 2.89. The van der Waals surface area contributed by atoms with Crippen molar-refractivity contribution in [1.29, 1.82) is 0 Å². The number of likely N-dealkylation sites (N-methyl/N-ethyl adjacent to an activating group) is 1. The average molecular weight is 304 g/mol. The van der Waals surface area contributed by atoms with Crippen molar-refractivity contribution in [3.8, 4) is 5.75 Å². The Morgan fingerprint density at radius 3 is 2.55 bits per heavy atom. The van der Waals surface area contributed by atoms with E-state index in [2.05, 4.69) is 5.32 Å². The number of carbonyl (C=O) groups is 2. The smallest absolute Gasteiger partial charge is 0.314 e. The molecule has 0 unspecified atom stereocenters. The summed E-state index contributed by atoms with van der Waals surface area (Å²) in [4.78, 5) is 26.1. The summed E-state index contributed by atoms with van der Waals surface area (Å²) in [6.45, 7) is 1.92. The maximum atomic E-state index is 12.3. The van der Waals surface area contributed by atoms with E-state index in [1.807, 2.05) is 13.0 Å². The number of nitrogens with one attached hydrogen (secondary N) is 1. The molecule has 1 aromatic carbocycles. The number of nitrogens with zero attached hydrogens (tertiary/aromatic N) is 1. The first-order valence-electron chi connectivity index (χ1n) is 7.75. The summed E-state index contributed by atoms with van der Waals surface area (Å²) in [5.74, 6) is -0.556. The van der Waals surface area contributed by atoms with Crippen LogP contribution in [0.4, 0.5) is 5.69 Å². The minimum absolute atomic E-state index is 0.173. The molecule has 5 nitrogen and oxygen atoms in total. The Kier molecular flexibility index (Phi) is 5.41. The molecular weight excluding hydrogens is 280 g/mol. The Balaban J connectivity index is 2.04. The summed E-state index contributed by atoms with van der Waals surface area (Å²) in [6, 6.07) is 5.64. The fraction of sp³-hybridized carbons (Fsp3) is 0.529. The van der Waals surface area contributed by atoms with Crippen LogP contribution in [0.1, 0.15) is 37.7 Å². The Morgan fingerprint density at radius 2 is 1.91 bits per heavy atom. The second-order valence-electron chi connectivity index (χ2n) is 5.87. The molecule has 120 valence electrons. The summed E-state index contributed by atoms with van der Waals surface area (Å²) in [5.41, 5.74) is 1.52. The van der Waals surface area contributed by atoms with E-state index in [0.717, 1.165) is 31.2 Å². The van der Waals surface area contributed by atoms with Crippen molar-refractivity contribution in [2.24, 2.45) is 0 Å². The molecule has 0 bridgehead atoms. The zero-order valence-corrected chi connectivity index (χ0v) is 13.5. The highest BCUT2D eigenvalue weighted by Gasteiger charge is 2.27. The Labute approximate surface area is 131 Å². The third kappa shape index (κ3) is 3.78. The molecule has 5 heteroatoms. The zero-order valence-electron chi connectivity index (χ0n) is 13.5. The van der Waals surface area contributed by atoms with E-state index >= 15 is 0 Å². The van der Waals surface area contributed by atoms with Crippen molar-refractivity contribution in [2.45, 2.75) is 45.1 Å². The molecule has 1 saturated carbocycles. The molecule has 1 N–H and O–H groups in total. The molecule has 2 rings (SSSR count). The molecule has 2 amide bonds. The van der Waals surface area contributed by atoms with Crippen LogP contribution >= 0.6 is 0 Å². The SMILES string of the molecule is COc1ccc(C)cc1NC(=O)C(=O)N(C)C1CCCCC1. The van der Waals surface area contributed by atoms with Crippen molar-refractivity contribution in [1.82, 2.24) is 4.90 Å². The molecule has 22 heavy (non-hydrogen) atoms. The quantitative estimate of drug-likeness (QED) is 0.874. The highest BCUT2D eigenvalue weighted by Crippen LogP contribution is 2.26. The second-order valence-corrected chi connectivity index (χ2v) is 5.87. The lowest BCUT2D eigenvalue weighted by molar-refractivity contribution is -0.144. The van der Waals surface area contributed by atoms with Crippen molar-refractivity contribution in [3.05, 3.63) is 23.8 Å². The summed E-state index contributed by atoms with van der Waals surface area (Å²) in [7, 11) is 3.25. The molecule has 0 aromatic heterocycles. The fourth-order valence-corrected chi connectivity index (χ4v) is 2.89. The molecule has 1 aliphatic rings. The average Bonchev–Trinajstić information content (AvgIpc) is 2.54. The lowest BCUT2D eigenvalue weighted by atomic mass is 9.94. The monoisotopic (exact) mass is 304 g/mol. The van der Waals surface area contributed by atoms with Gasteiger partial charge in [0.25, 0.3) is 0 Å². The van der Waals surface area contributed by atoms with Crippen molar-refractivity contribution >= 4 is 17.5 Å². The third-order valence-electron chi connectivity index (χ3n) is 4.24. The van der Waals surface area contributed by atoms with Crippen LogP contribution in [0.15, 0.2) is 18.2 Å². The second kappa shape index (κ2) is 7.29. The Morgan fingerprint density at radius 1 is 1.23 bits per heavy atom. The van der Waals surface area contributed by atoms with Gasteiger partial charge in [0.15, 0.2) is 0 Å². The van der Waals surface area contributed by atoms with E-state index in [-0.39, 0.29) is 6.04 Å².